The maximum absolute atomic E-state index is 11.1. The van der Waals surface area contributed by atoms with Crippen molar-refractivity contribution in [2.24, 2.45) is 0 Å². The lowest BCUT2D eigenvalue weighted by Crippen LogP contribution is -2.01. The Hall–Kier alpha value is -1.72. The van der Waals surface area contributed by atoms with Crippen LogP contribution in [-0.4, -0.2) is 24.3 Å². The number of phenolic OH excluding ortho intramolecular Hbond substituents is 2. The van der Waals surface area contributed by atoms with E-state index in [0.717, 1.165) is 0 Å². The number of aromatic hydroxyl groups is 2. The van der Waals surface area contributed by atoms with E-state index in [2.05, 4.69) is 5.32 Å². The summed E-state index contributed by atoms with van der Waals surface area (Å²) >= 11 is 0. The highest BCUT2D eigenvalue weighted by Crippen LogP contribution is 2.29. The SMILES string of the molecule is CNC.Cc1cc2cc(O)c(O)cc2oc1=O.Cl. The number of nitrogens with one attached hydrogen (secondary N) is 1. The van der Waals surface area contributed by atoms with Crippen LogP contribution < -0.4 is 10.9 Å². The zero-order chi connectivity index (χ0) is 13.0. The van der Waals surface area contributed by atoms with Crippen LogP contribution in [0.3, 0.4) is 0 Å². The summed E-state index contributed by atoms with van der Waals surface area (Å²) in [7, 11) is 3.75. The van der Waals surface area contributed by atoms with Crippen LogP contribution in [0.5, 0.6) is 11.5 Å². The highest BCUT2D eigenvalue weighted by atomic mass is 35.5. The summed E-state index contributed by atoms with van der Waals surface area (Å²) in [6.45, 7) is 1.62. The van der Waals surface area contributed by atoms with Crippen molar-refractivity contribution in [3.8, 4) is 11.5 Å². The van der Waals surface area contributed by atoms with Gasteiger partial charge in [0.25, 0.3) is 0 Å². The van der Waals surface area contributed by atoms with E-state index >= 15 is 0 Å². The third-order valence-electron chi connectivity index (χ3n) is 2.00. The third kappa shape index (κ3) is 3.65. The molecule has 0 bridgehead atoms. The fourth-order valence-corrected chi connectivity index (χ4v) is 1.25. The molecule has 0 saturated carbocycles. The maximum atomic E-state index is 11.1. The molecule has 1 heterocycles. The molecule has 6 heteroatoms. The van der Waals surface area contributed by atoms with Gasteiger partial charge in [-0.1, -0.05) is 0 Å². The molecule has 0 fully saturated rings. The van der Waals surface area contributed by atoms with Crippen LogP contribution in [0, 0.1) is 6.92 Å². The first-order valence-electron chi connectivity index (χ1n) is 5.04. The third-order valence-corrected chi connectivity index (χ3v) is 2.00. The zero-order valence-electron chi connectivity index (χ0n) is 10.4. The Balaban J connectivity index is 0.000000660. The van der Waals surface area contributed by atoms with E-state index in [-0.39, 0.29) is 29.5 Å². The average molecular weight is 274 g/mol. The van der Waals surface area contributed by atoms with Crippen molar-refractivity contribution in [2.75, 3.05) is 14.1 Å². The van der Waals surface area contributed by atoms with E-state index in [4.69, 9.17) is 9.52 Å². The molecule has 0 amide bonds. The molecule has 2 aromatic rings. The van der Waals surface area contributed by atoms with Gasteiger partial charge < -0.3 is 19.9 Å². The highest BCUT2D eigenvalue weighted by molar-refractivity contribution is 5.85. The van der Waals surface area contributed by atoms with Gasteiger partial charge in [0, 0.05) is 17.0 Å². The predicted octanol–water partition coefficient (Wildman–Crippen LogP) is 1.77. The van der Waals surface area contributed by atoms with Gasteiger partial charge >= 0.3 is 5.63 Å². The van der Waals surface area contributed by atoms with E-state index in [9.17, 15) is 9.90 Å². The van der Waals surface area contributed by atoms with Gasteiger partial charge in [0.05, 0.1) is 0 Å². The van der Waals surface area contributed by atoms with Crippen molar-refractivity contribution >= 4 is 23.4 Å². The van der Waals surface area contributed by atoms with Crippen molar-refractivity contribution < 1.29 is 14.6 Å². The zero-order valence-corrected chi connectivity index (χ0v) is 11.2. The minimum absolute atomic E-state index is 0. The van der Waals surface area contributed by atoms with Crippen LogP contribution in [0.15, 0.2) is 27.4 Å². The number of fused-ring (bicyclic) bond motifs is 1. The summed E-state index contributed by atoms with van der Waals surface area (Å²) in [5.74, 6) is -0.532. The van der Waals surface area contributed by atoms with Crippen molar-refractivity contribution in [3.63, 3.8) is 0 Å². The van der Waals surface area contributed by atoms with E-state index in [0.29, 0.717) is 10.9 Å². The van der Waals surface area contributed by atoms with Gasteiger partial charge in [-0.15, -0.1) is 12.4 Å². The Labute approximate surface area is 110 Å². The second-order valence-corrected chi connectivity index (χ2v) is 3.60. The molecule has 0 aliphatic heterocycles. The first kappa shape index (κ1) is 16.3. The molecule has 0 unspecified atom stereocenters. The molecule has 0 aliphatic carbocycles. The summed E-state index contributed by atoms with van der Waals surface area (Å²) in [4.78, 5) is 11.1. The van der Waals surface area contributed by atoms with Gasteiger partial charge in [-0.3, -0.25) is 0 Å². The molecule has 5 nitrogen and oxygen atoms in total. The molecular weight excluding hydrogens is 258 g/mol. The Morgan fingerprint density at radius 2 is 1.61 bits per heavy atom. The van der Waals surface area contributed by atoms with E-state index < -0.39 is 5.63 Å². The molecule has 0 spiro atoms. The molecule has 0 atom stereocenters. The molecule has 1 aromatic carbocycles. The smallest absolute Gasteiger partial charge is 0.339 e. The van der Waals surface area contributed by atoms with Crippen molar-refractivity contribution in [2.45, 2.75) is 6.92 Å². The molecule has 0 aliphatic rings. The van der Waals surface area contributed by atoms with Crippen LogP contribution in [0.2, 0.25) is 0 Å². The fourth-order valence-electron chi connectivity index (χ4n) is 1.25. The van der Waals surface area contributed by atoms with Crippen molar-refractivity contribution in [1.29, 1.82) is 0 Å². The quantitative estimate of drug-likeness (QED) is 0.503. The van der Waals surface area contributed by atoms with Gasteiger partial charge in [0.15, 0.2) is 11.5 Å². The van der Waals surface area contributed by atoms with E-state index in [1.54, 1.807) is 13.0 Å². The standard InChI is InChI=1S/C10H8O4.C2H7N.ClH/c1-5-2-6-3-7(11)8(12)4-9(6)14-10(5)13;1-3-2;/h2-4,11-12H,1H3;3H,1-2H3;1H. The highest BCUT2D eigenvalue weighted by Gasteiger charge is 2.05. The Morgan fingerprint density at radius 1 is 1.11 bits per heavy atom. The fraction of sp³-hybridized carbons (Fsp3) is 0.250. The summed E-state index contributed by atoms with van der Waals surface area (Å²) in [6, 6.07) is 4.16. The molecule has 2 rings (SSSR count). The Bertz CT molecular complexity index is 580. The number of hydrogen-bond acceptors (Lipinski definition) is 5. The maximum Gasteiger partial charge on any atom is 0.339 e. The van der Waals surface area contributed by atoms with Crippen LogP contribution >= 0.6 is 12.4 Å². The molecule has 3 N–H and O–H groups in total. The van der Waals surface area contributed by atoms with E-state index in [1.807, 2.05) is 14.1 Å². The Kier molecular flexibility index (Phi) is 6.22. The minimum atomic E-state index is -0.442. The Morgan fingerprint density at radius 3 is 2.17 bits per heavy atom. The summed E-state index contributed by atoms with van der Waals surface area (Å²) in [6.07, 6.45) is 0. The van der Waals surface area contributed by atoms with Crippen molar-refractivity contribution in [3.05, 3.63) is 34.2 Å². The molecule has 0 radical (unpaired) electrons. The lowest BCUT2D eigenvalue weighted by atomic mass is 10.2. The van der Waals surface area contributed by atoms with Crippen molar-refractivity contribution in [1.82, 2.24) is 5.32 Å². The van der Waals surface area contributed by atoms with Crippen LogP contribution in [-0.2, 0) is 0 Å². The normalized spacial score (nSPS) is 9.28. The van der Waals surface area contributed by atoms with Gasteiger partial charge in [-0.2, -0.15) is 0 Å². The summed E-state index contributed by atoms with van der Waals surface area (Å²) < 4.78 is 4.90. The minimum Gasteiger partial charge on any atom is -0.504 e. The van der Waals surface area contributed by atoms with Gasteiger partial charge in [-0.25, -0.2) is 4.79 Å². The van der Waals surface area contributed by atoms with Crippen LogP contribution in [0.1, 0.15) is 5.56 Å². The summed E-state index contributed by atoms with van der Waals surface area (Å²) in [5.41, 5.74) is 0.279. The number of aryl methyl sites for hydroxylation is 1. The lowest BCUT2D eigenvalue weighted by Gasteiger charge is -2.00. The number of benzene rings is 1. The predicted molar refractivity (Wildman–Crippen MR) is 72.8 cm³/mol. The first-order valence-corrected chi connectivity index (χ1v) is 5.04. The monoisotopic (exact) mass is 273 g/mol. The van der Waals surface area contributed by atoms with Crippen LogP contribution in [0.25, 0.3) is 11.0 Å². The molecule has 1 aromatic heterocycles. The molecule has 100 valence electrons. The van der Waals surface area contributed by atoms with Gasteiger partial charge in [-0.05, 0) is 33.2 Å². The second-order valence-electron chi connectivity index (χ2n) is 3.60. The lowest BCUT2D eigenvalue weighted by molar-refractivity contribution is 0.403. The average Bonchev–Trinajstić information content (AvgIpc) is 2.24. The number of rotatable bonds is 0. The summed E-state index contributed by atoms with van der Waals surface area (Å²) in [5, 5.41) is 21.7. The van der Waals surface area contributed by atoms with Crippen LogP contribution in [0.4, 0.5) is 0 Å². The number of hydrogen-bond donors (Lipinski definition) is 3. The molecule has 0 saturated heterocycles. The largest absolute Gasteiger partial charge is 0.504 e. The number of phenols is 2. The number of halogens is 1. The molecular formula is C12H16ClNO4. The first-order chi connectivity index (χ1) is 7.99. The second kappa shape index (κ2) is 6.88. The molecule has 18 heavy (non-hydrogen) atoms. The van der Waals surface area contributed by atoms with Gasteiger partial charge in [0.2, 0.25) is 0 Å². The van der Waals surface area contributed by atoms with E-state index in [1.165, 1.54) is 12.1 Å². The topological polar surface area (TPSA) is 82.7 Å². The van der Waals surface area contributed by atoms with Gasteiger partial charge in [0.1, 0.15) is 5.58 Å².